The molecule has 0 amide bonds. The van der Waals surface area contributed by atoms with Gasteiger partial charge in [-0.2, -0.15) is 0 Å². The maximum Gasteiger partial charge on any atom is 0.200 e. The molecule has 6 nitrogen and oxygen atoms in total. The van der Waals surface area contributed by atoms with Crippen LogP contribution in [0.4, 0.5) is 0 Å². The predicted octanol–water partition coefficient (Wildman–Crippen LogP) is 9.02. The van der Waals surface area contributed by atoms with Crippen LogP contribution >= 0.6 is 7.37 Å². The Kier molecular flexibility index (Phi) is 13.3. The SMILES string of the molecule is CCOP(C)(=O)CCC=CCCC1C(OCc2ccc(-c3ccccc3)cc2)CC(O[Si](C)(C)C(C)(C)C)C1N1CCOCC1. The van der Waals surface area contributed by atoms with Crippen molar-refractivity contribution in [3.8, 4) is 11.1 Å². The molecule has 250 valence electrons. The summed E-state index contributed by atoms with van der Waals surface area (Å²) in [6.45, 7) is 19.9. The predicted molar refractivity (Wildman–Crippen MR) is 190 cm³/mol. The van der Waals surface area contributed by atoms with Crippen molar-refractivity contribution < 1.29 is 23.0 Å². The zero-order valence-electron chi connectivity index (χ0n) is 28.9. The lowest BCUT2D eigenvalue weighted by Gasteiger charge is -2.44. The van der Waals surface area contributed by atoms with Crippen molar-refractivity contribution in [2.24, 2.45) is 5.92 Å². The molecular formula is C37H58NO5PSi. The van der Waals surface area contributed by atoms with Crippen LogP contribution in [0.2, 0.25) is 18.1 Å². The lowest BCUT2D eigenvalue weighted by molar-refractivity contribution is -0.0340. The number of nitrogens with zero attached hydrogens (tertiary/aromatic N) is 1. The number of hydrogen-bond donors (Lipinski definition) is 0. The molecule has 45 heavy (non-hydrogen) atoms. The maximum absolute atomic E-state index is 12.5. The molecule has 1 saturated heterocycles. The van der Waals surface area contributed by atoms with Crippen LogP contribution in [0.3, 0.4) is 0 Å². The van der Waals surface area contributed by atoms with Crippen molar-refractivity contribution in [2.45, 2.75) is 96.4 Å². The van der Waals surface area contributed by atoms with Gasteiger partial charge in [0.25, 0.3) is 0 Å². The van der Waals surface area contributed by atoms with Crippen LogP contribution in [0, 0.1) is 5.92 Å². The number of morpholine rings is 1. The Balaban J connectivity index is 1.50. The third-order valence-corrected chi connectivity index (χ3v) is 16.3. The van der Waals surface area contributed by atoms with Gasteiger partial charge in [-0.3, -0.25) is 9.46 Å². The van der Waals surface area contributed by atoms with Gasteiger partial charge in [0.2, 0.25) is 0 Å². The van der Waals surface area contributed by atoms with E-state index < -0.39 is 15.7 Å². The van der Waals surface area contributed by atoms with Gasteiger partial charge in [0, 0.05) is 44.3 Å². The first-order valence-corrected chi connectivity index (χ1v) is 22.2. The number of benzene rings is 2. The molecule has 2 aromatic rings. The summed E-state index contributed by atoms with van der Waals surface area (Å²) in [5.74, 6) is 0.354. The van der Waals surface area contributed by atoms with Crippen molar-refractivity contribution in [2.75, 3.05) is 45.7 Å². The summed E-state index contributed by atoms with van der Waals surface area (Å²) >= 11 is 0. The van der Waals surface area contributed by atoms with Gasteiger partial charge in [-0.1, -0.05) is 87.5 Å². The maximum atomic E-state index is 12.5. The highest BCUT2D eigenvalue weighted by molar-refractivity contribution is 7.58. The molecule has 1 saturated carbocycles. The molecule has 1 aliphatic heterocycles. The minimum atomic E-state index is -2.50. The first-order valence-electron chi connectivity index (χ1n) is 17.0. The molecule has 5 atom stereocenters. The first-order chi connectivity index (χ1) is 21.4. The molecule has 0 N–H and O–H groups in total. The molecule has 1 aliphatic carbocycles. The van der Waals surface area contributed by atoms with Crippen molar-refractivity contribution in [1.82, 2.24) is 4.90 Å². The molecule has 4 rings (SSSR count). The van der Waals surface area contributed by atoms with E-state index in [1.54, 1.807) is 6.66 Å². The number of rotatable bonds is 15. The molecule has 0 bridgehead atoms. The van der Waals surface area contributed by atoms with Crippen LogP contribution < -0.4 is 0 Å². The molecule has 0 aromatic heterocycles. The van der Waals surface area contributed by atoms with Gasteiger partial charge in [-0.25, -0.2) is 0 Å². The Morgan fingerprint density at radius 2 is 1.60 bits per heavy atom. The molecule has 0 radical (unpaired) electrons. The smallest absolute Gasteiger partial charge is 0.200 e. The molecule has 2 aliphatic rings. The van der Waals surface area contributed by atoms with Crippen LogP contribution in [-0.4, -0.2) is 77.2 Å². The average molecular weight is 656 g/mol. The van der Waals surface area contributed by atoms with E-state index in [2.05, 4.69) is 106 Å². The second-order valence-electron chi connectivity index (χ2n) is 14.4. The van der Waals surface area contributed by atoms with Gasteiger partial charge in [-0.05, 0) is 61.0 Å². The second kappa shape index (κ2) is 16.5. The van der Waals surface area contributed by atoms with E-state index in [1.807, 2.05) is 6.92 Å². The van der Waals surface area contributed by atoms with Crippen LogP contribution in [0.1, 0.15) is 58.9 Å². The Morgan fingerprint density at radius 3 is 2.24 bits per heavy atom. The van der Waals surface area contributed by atoms with Crippen molar-refractivity contribution >= 4 is 15.7 Å². The fraction of sp³-hybridized carbons (Fsp3) is 0.622. The zero-order valence-corrected chi connectivity index (χ0v) is 30.8. The van der Waals surface area contributed by atoms with E-state index in [-0.39, 0.29) is 17.2 Å². The molecule has 5 unspecified atom stereocenters. The van der Waals surface area contributed by atoms with Crippen molar-refractivity contribution in [3.63, 3.8) is 0 Å². The molecule has 1 heterocycles. The zero-order chi connectivity index (χ0) is 32.5. The van der Waals surface area contributed by atoms with Crippen molar-refractivity contribution in [3.05, 3.63) is 72.3 Å². The quantitative estimate of drug-likeness (QED) is 0.108. The van der Waals surface area contributed by atoms with Gasteiger partial charge >= 0.3 is 0 Å². The Bertz CT molecular complexity index is 1240. The Morgan fingerprint density at radius 1 is 0.956 bits per heavy atom. The van der Waals surface area contributed by atoms with Gasteiger partial charge in [0.1, 0.15) is 0 Å². The van der Waals surface area contributed by atoms with Crippen LogP contribution in [0.15, 0.2) is 66.7 Å². The normalized spacial score (nSPS) is 24.7. The average Bonchev–Trinajstić information content (AvgIpc) is 3.34. The van der Waals surface area contributed by atoms with Crippen LogP contribution in [0.5, 0.6) is 0 Å². The summed E-state index contributed by atoms with van der Waals surface area (Å²) in [5.41, 5.74) is 3.65. The molecular weight excluding hydrogens is 597 g/mol. The van der Waals surface area contributed by atoms with E-state index in [9.17, 15) is 4.57 Å². The summed E-state index contributed by atoms with van der Waals surface area (Å²) in [7, 11) is -4.50. The fourth-order valence-electron chi connectivity index (χ4n) is 6.44. The number of hydrogen-bond acceptors (Lipinski definition) is 6. The summed E-state index contributed by atoms with van der Waals surface area (Å²) in [6.07, 6.45) is 8.98. The monoisotopic (exact) mass is 655 g/mol. The minimum absolute atomic E-state index is 0.114. The highest BCUT2D eigenvalue weighted by atomic mass is 31.2. The highest BCUT2D eigenvalue weighted by Crippen LogP contribution is 2.45. The summed E-state index contributed by atoms with van der Waals surface area (Å²) in [5, 5.41) is 0.139. The highest BCUT2D eigenvalue weighted by Gasteiger charge is 2.50. The van der Waals surface area contributed by atoms with Gasteiger partial charge in [-0.15, -0.1) is 0 Å². The lowest BCUT2D eigenvalue weighted by Crippen LogP contribution is -2.54. The van der Waals surface area contributed by atoms with E-state index in [0.29, 0.717) is 31.3 Å². The largest absolute Gasteiger partial charge is 0.412 e. The van der Waals surface area contributed by atoms with E-state index in [0.717, 1.165) is 52.0 Å². The topological polar surface area (TPSA) is 57.2 Å². The third kappa shape index (κ3) is 10.5. The third-order valence-electron chi connectivity index (χ3n) is 9.94. The summed E-state index contributed by atoms with van der Waals surface area (Å²) in [6, 6.07) is 19.6. The molecule has 0 spiro atoms. The van der Waals surface area contributed by atoms with E-state index >= 15 is 0 Å². The first kappa shape index (κ1) is 36.3. The van der Waals surface area contributed by atoms with Crippen LogP contribution in [0.25, 0.3) is 11.1 Å². The van der Waals surface area contributed by atoms with Crippen molar-refractivity contribution in [1.29, 1.82) is 0 Å². The molecule has 2 aromatic carbocycles. The second-order valence-corrected chi connectivity index (χ2v) is 21.9. The number of allylic oxidation sites excluding steroid dienone is 2. The number of ether oxygens (including phenoxy) is 2. The molecule has 2 fully saturated rings. The van der Waals surface area contributed by atoms with Gasteiger partial charge in [0.15, 0.2) is 15.7 Å². The Labute approximate surface area is 274 Å². The minimum Gasteiger partial charge on any atom is -0.412 e. The lowest BCUT2D eigenvalue weighted by atomic mass is 9.93. The summed E-state index contributed by atoms with van der Waals surface area (Å²) in [4.78, 5) is 2.63. The van der Waals surface area contributed by atoms with Gasteiger partial charge in [0.05, 0.1) is 38.6 Å². The van der Waals surface area contributed by atoms with Crippen LogP contribution in [-0.2, 0) is 29.6 Å². The summed E-state index contributed by atoms with van der Waals surface area (Å²) < 4.78 is 37.8. The fourth-order valence-corrected chi connectivity index (χ4v) is 9.08. The Hall–Kier alpha value is -1.57. The van der Waals surface area contributed by atoms with E-state index in [4.69, 9.17) is 18.4 Å². The van der Waals surface area contributed by atoms with E-state index in [1.165, 1.54) is 16.7 Å². The van der Waals surface area contributed by atoms with Gasteiger partial charge < -0.3 is 18.4 Å². The standard InChI is InChI=1S/C37H58NO5PSi/c1-8-42-44(5,39)27-15-10-9-14-18-33-34(41-29-30-19-21-32(22-20-30)31-16-12-11-13-17-31)28-35(43-45(6,7)37(2,3)4)36(33)38-23-25-40-26-24-38/h9-13,16-17,19-22,33-36H,8,14-15,18,23-29H2,1-7H3. The molecule has 8 heteroatoms.